The number of carbonyl (C=O) groups is 1. The molecule has 0 bridgehead atoms. The number of nitrogens with two attached hydrogens (primary N) is 1. The molecular weight excluding hydrogens is 246 g/mol. The van der Waals surface area contributed by atoms with Crippen LogP contribution in [-0.2, 0) is 11.3 Å². The smallest absolute Gasteiger partial charge is 0.258 e. The molecule has 6 nitrogen and oxygen atoms in total. The van der Waals surface area contributed by atoms with Crippen LogP contribution in [0, 0.1) is 11.3 Å². The Hall–Kier alpha value is -2.26. The molecule has 0 heterocycles. The summed E-state index contributed by atoms with van der Waals surface area (Å²) in [5.74, 6) is 0.677. The van der Waals surface area contributed by atoms with E-state index in [2.05, 4.69) is 5.32 Å². The normalized spacial score (nSPS) is 9.53. The summed E-state index contributed by atoms with van der Waals surface area (Å²) in [5.41, 5.74) is 6.47. The van der Waals surface area contributed by atoms with Gasteiger partial charge in [-0.05, 0) is 24.6 Å². The minimum absolute atomic E-state index is 0.0351. The molecule has 3 N–H and O–H groups in total. The molecule has 1 aromatic carbocycles. The summed E-state index contributed by atoms with van der Waals surface area (Å²) in [6.45, 7) is 2.56. The minimum Gasteiger partial charge on any atom is -0.490 e. The monoisotopic (exact) mass is 263 g/mol. The van der Waals surface area contributed by atoms with Gasteiger partial charge in [-0.1, -0.05) is 6.07 Å². The zero-order valence-electron chi connectivity index (χ0n) is 10.8. The van der Waals surface area contributed by atoms with Gasteiger partial charge in [-0.2, -0.15) is 5.26 Å². The van der Waals surface area contributed by atoms with Crippen LogP contribution in [0.25, 0.3) is 0 Å². The third-order valence-electron chi connectivity index (χ3n) is 2.27. The summed E-state index contributed by atoms with van der Waals surface area (Å²) < 4.78 is 10.8. The van der Waals surface area contributed by atoms with E-state index < -0.39 is 0 Å². The van der Waals surface area contributed by atoms with Crippen molar-refractivity contribution in [2.75, 3.05) is 19.8 Å². The fraction of sp³-hybridized carbons (Fsp3) is 0.385. The van der Waals surface area contributed by atoms with E-state index >= 15 is 0 Å². The summed E-state index contributed by atoms with van der Waals surface area (Å²) in [6, 6.07) is 7.12. The van der Waals surface area contributed by atoms with Crippen LogP contribution < -0.4 is 20.5 Å². The highest BCUT2D eigenvalue weighted by atomic mass is 16.5. The molecule has 0 radical (unpaired) electrons. The quantitative estimate of drug-likeness (QED) is 0.701. The first-order valence-electron chi connectivity index (χ1n) is 5.93. The van der Waals surface area contributed by atoms with Crippen molar-refractivity contribution in [1.82, 2.24) is 5.32 Å². The van der Waals surface area contributed by atoms with Gasteiger partial charge in [0.2, 0.25) is 0 Å². The van der Waals surface area contributed by atoms with Crippen LogP contribution in [-0.4, -0.2) is 25.7 Å². The lowest BCUT2D eigenvalue weighted by atomic mass is 10.2. The Kier molecular flexibility index (Phi) is 6.19. The van der Waals surface area contributed by atoms with Crippen LogP contribution in [0.15, 0.2) is 18.2 Å². The number of hydrogen-bond acceptors (Lipinski definition) is 5. The van der Waals surface area contributed by atoms with E-state index in [1.807, 2.05) is 19.1 Å². The summed E-state index contributed by atoms with van der Waals surface area (Å²) in [5, 5.41) is 10.7. The SMILES string of the molecule is CCOc1cc(CN)ccc1OCC(=O)NCC#N. The van der Waals surface area contributed by atoms with Crippen molar-refractivity contribution in [3.8, 4) is 17.6 Å². The Bertz CT molecular complexity index is 469. The van der Waals surface area contributed by atoms with Gasteiger partial charge >= 0.3 is 0 Å². The molecule has 1 amide bonds. The van der Waals surface area contributed by atoms with Crippen LogP contribution in [0.1, 0.15) is 12.5 Å². The number of nitriles is 1. The van der Waals surface area contributed by atoms with Crippen molar-refractivity contribution in [1.29, 1.82) is 5.26 Å². The van der Waals surface area contributed by atoms with Crippen molar-refractivity contribution in [2.24, 2.45) is 5.73 Å². The summed E-state index contributed by atoms with van der Waals surface area (Å²) in [7, 11) is 0. The van der Waals surface area contributed by atoms with Crippen molar-refractivity contribution >= 4 is 5.91 Å². The van der Waals surface area contributed by atoms with Gasteiger partial charge in [-0.15, -0.1) is 0 Å². The summed E-state index contributed by atoms with van der Waals surface area (Å²) >= 11 is 0. The van der Waals surface area contributed by atoms with E-state index in [0.29, 0.717) is 24.7 Å². The number of rotatable bonds is 7. The number of ether oxygens (including phenoxy) is 2. The molecule has 0 aliphatic carbocycles. The summed E-state index contributed by atoms with van der Waals surface area (Å²) in [6.07, 6.45) is 0. The number of hydrogen-bond donors (Lipinski definition) is 2. The molecule has 1 rings (SSSR count). The first-order chi connectivity index (χ1) is 9.21. The Morgan fingerprint density at radius 2 is 2.21 bits per heavy atom. The maximum absolute atomic E-state index is 11.3. The van der Waals surface area contributed by atoms with Gasteiger partial charge < -0.3 is 20.5 Å². The Morgan fingerprint density at radius 1 is 1.42 bits per heavy atom. The second-order valence-corrected chi connectivity index (χ2v) is 3.64. The molecule has 0 spiro atoms. The second-order valence-electron chi connectivity index (χ2n) is 3.64. The Morgan fingerprint density at radius 3 is 2.84 bits per heavy atom. The van der Waals surface area contributed by atoms with Gasteiger partial charge in [0.1, 0.15) is 6.54 Å². The largest absolute Gasteiger partial charge is 0.490 e. The Labute approximate surface area is 112 Å². The first-order valence-corrected chi connectivity index (χ1v) is 5.93. The molecule has 0 fully saturated rings. The molecule has 0 aliphatic rings. The standard InChI is InChI=1S/C13H17N3O3/c1-2-18-12-7-10(8-15)3-4-11(12)19-9-13(17)16-6-5-14/h3-4,7H,2,6,8-9,15H2,1H3,(H,16,17). The molecule has 102 valence electrons. The lowest BCUT2D eigenvalue weighted by molar-refractivity contribution is -0.122. The van der Waals surface area contributed by atoms with E-state index in [4.69, 9.17) is 20.5 Å². The van der Waals surface area contributed by atoms with Gasteiger partial charge in [-0.3, -0.25) is 4.79 Å². The van der Waals surface area contributed by atoms with Crippen molar-refractivity contribution < 1.29 is 14.3 Å². The van der Waals surface area contributed by atoms with Crippen molar-refractivity contribution in [2.45, 2.75) is 13.5 Å². The van der Waals surface area contributed by atoms with Gasteiger partial charge in [0.25, 0.3) is 5.91 Å². The fourth-order valence-electron chi connectivity index (χ4n) is 1.40. The maximum Gasteiger partial charge on any atom is 0.258 e. The van der Waals surface area contributed by atoms with Crippen LogP contribution in [0.3, 0.4) is 0 Å². The number of nitrogens with one attached hydrogen (secondary N) is 1. The average molecular weight is 263 g/mol. The van der Waals surface area contributed by atoms with Crippen molar-refractivity contribution in [3.05, 3.63) is 23.8 Å². The van der Waals surface area contributed by atoms with Crippen LogP contribution in [0.4, 0.5) is 0 Å². The van der Waals surface area contributed by atoms with Gasteiger partial charge in [0.15, 0.2) is 18.1 Å². The topological polar surface area (TPSA) is 97.4 Å². The molecule has 0 aliphatic heterocycles. The molecule has 0 unspecified atom stereocenters. The van der Waals surface area contributed by atoms with Crippen molar-refractivity contribution in [3.63, 3.8) is 0 Å². The number of carbonyl (C=O) groups excluding carboxylic acids is 1. The molecule has 0 saturated carbocycles. The molecule has 0 saturated heterocycles. The lowest BCUT2D eigenvalue weighted by Gasteiger charge is -2.12. The summed E-state index contributed by atoms with van der Waals surface area (Å²) in [4.78, 5) is 11.3. The zero-order valence-corrected chi connectivity index (χ0v) is 10.8. The number of amides is 1. The highest BCUT2D eigenvalue weighted by Crippen LogP contribution is 2.28. The predicted octanol–water partition coefficient (Wildman–Crippen LogP) is 0.563. The second kappa shape index (κ2) is 7.95. The van der Waals surface area contributed by atoms with Gasteiger partial charge in [-0.25, -0.2) is 0 Å². The van der Waals surface area contributed by atoms with E-state index in [-0.39, 0.29) is 19.1 Å². The molecule has 1 aromatic rings. The minimum atomic E-state index is -0.355. The molecular formula is C13H17N3O3. The molecule has 6 heteroatoms. The van der Waals surface area contributed by atoms with Crippen LogP contribution in [0.5, 0.6) is 11.5 Å². The van der Waals surface area contributed by atoms with E-state index in [1.54, 1.807) is 12.1 Å². The van der Waals surface area contributed by atoms with E-state index in [9.17, 15) is 4.79 Å². The number of nitrogens with zero attached hydrogens (tertiary/aromatic N) is 1. The van der Waals surface area contributed by atoms with Gasteiger partial charge in [0, 0.05) is 6.54 Å². The predicted molar refractivity (Wildman–Crippen MR) is 69.6 cm³/mol. The molecule has 19 heavy (non-hydrogen) atoms. The highest BCUT2D eigenvalue weighted by molar-refractivity contribution is 5.77. The zero-order chi connectivity index (χ0) is 14.1. The number of benzene rings is 1. The maximum atomic E-state index is 11.3. The highest BCUT2D eigenvalue weighted by Gasteiger charge is 2.08. The third kappa shape index (κ3) is 4.85. The first kappa shape index (κ1) is 14.8. The average Bonchev–Trinajstić information content (AvgIpc) is 2.43. The third-order valence-corrected chi connectivity index (χ3v) is 2.27. The van der Waals surface area contributed by atoms with Crippen LogP contribution >= 0.6 is 0 Å². The molecule has 0 aromatic heterocycles. The fourth-order valence-corrected chi connectivity index (χ4v) is 1.40. The Balaban J connectivity index is 2.66. The van der Waals surface area contributed by atoms with E-state index in [1.165, 1.54) is 0 Å². The van der Waals surface area contributed by atoms with Gasteiger partial charge in [0.05, 0.1) is 12.7 Å². The van der Waals surface area contributed by atoms with E-state index in [0.717, 1.165) is 5.56 Å². The molecule has 0 atom stereocenters. The van der Waals surface area contributed by atoms with Crippen LogP contribution in [0.2, 0.25) is 0 Å². The lowest BCUT2D eigenvalue weighted by Crippen LogP contribution is -2.29.